The summed E-state index contributed by atoms with van der Waals surface area (Å²) >= 11 is 7.17. The van der Waals surface area contributed by atoms with Gasteiger partial charge < -0.3 is 5.32 Å². The van der Waals surface area contributed by atoms with Gasteiger partial charge in [0.25, 0.3) is 0 Å². The molecule has 1 nitrogen and oxygen atoms in total. The molecule has 1 unspecified atom stereocenters. The zero-order valence-corrected chi connectivity index (χ0v) is 10.5. The van der Waals surface area contributed by atoms with E-state index in [1.54, 1.807) is 0 Å². The van der Waals surface area contributed by atoms with E-state index in [0.29, 0.717) is 0 Å². The van der Waals surface area contributed by atoms with Gasteiger partial charge in [-0.3, -0.25) is 0 Å². The van der Waals surface area contributed by atoms with Crippen LogP contribution in [0.5, 0.6) is 0 Å². The van der Waals surface area contributed by atoms with Crippen LogP contribution in [0.1, 0.15) is 19.3 Å². The molecule has 0 spiro atoms. The molecule has 3 heteroatoms. The third kappa shape index (κ3) is 3.35. The second-order valence-corrected chi connectivity index (χ2v) is 4.80. The molecule has 12 heavy (non-hydrogen) atoms. The maximum Gasteiger partial charge on any atom is 0.00703 e. The third-order valence-electron chi connectivity index (χ3n) is 2.68. The molecular formula is C9H17Br2N. The van der Waals surface area contributed by atoms with E-state index in [2.05, 4.69) is 37.2 Å². The molecule has 0 bridgehead atoms. The minimum Gasteiger partial charge on any atom is -0.317 e. The van der Waals surface area contributed by atoms with E-state index in [9.17, 15) is 0 Å². The highest BCUT2D eigenvalue weighted by atomic mass is 79.9. The third-order valence-corrected chi connectivity index (χ3v) is 4.35. The fraction of sp³-hybridized carbons (Fsp3) is 1.00. The van der Waals surface area contributed by atoms with Crippen LogP contribution >= 0.6 is 31.9 Å². The van der Waals surface area contributed by atoms with Crippen molar-refractivity contribution in [3.8, 4) is 0 Å². The smallest absolute Gasteiger partial charge is 0.00703 e. The van der Waals surface area contributed by atoms with Crippen molar-refractivity contribution in [2.24, 2.45) is 11.8 Å². The van der Waals surface area contributed by atoms with Crippen LogP contribution in [-0.4, -0.2) is 23.7 Å². The molecule has 0 saturated carbocycles. The van der Waals surface area contributed by atoms with Gasteiger partial charge >= 0.3 is 0 Å². The Kier molecular flexibility index (Phi) is 5.85. The normalized spacial score (nSPS) is 25.8. The lowest BCUT2D eigenvalue weighted by Gasteiger charge is -2.21. The van der Waals surface area contributed by atoms with Crippen molar-refractivity contribution in [3.63, 3.8) is 0 Å². The lowest BCUT2D eigenvalue weighted by Crippen LogP contribution is -2.19. The van der Waals surface area contributed by atoms with Crippen LogP contribution in [0, 0.1) is 11.8 Å². The summed E-state index contributed by atoms with van der Waals surface area (Å²) < 4.78 is 0. The Morgan fingerprint density at radius 1 is 1.17 bits per heavy atom. The fourth-order valence-corrected chi connectivity index (χ4v) is 3.94. The number of nitrogens with one attached hydrogen (secondary N) is 1. The summed E-state index contributed by atoms with van der Waals surface area (Å²) in [5.41, 5.74) is 0. The summed E-state index contributed by atoms with van der Waals surface area (Å²) in [6.07, 6.45) is 4.10. The molecule has 1 fully saturated rings. The predicted octanol–water partition coefficient (Wildman–Crippen LogP) is 2.78. The zero-order chi connectivity index (χ0) is 8.81. The highest BCUT2D eigenvalue weighted by Gasteiger charge is 2.20. The number of hydrogen-bond donors (Lipinski definition) is 1. The van der Waals surface area contributed by atoms with Crippen LogP contribution in [0.4, 0.5) is 0 Å². The molecule has 1 N–H and O–H groups in total. The van der Waals surface area contributed by atoms with Crippen LogP contribution in [-0.2, 0) is 0 Å². The Bertz CT molecular complexity index is 107. The first-order valence-electron chi connectivity index (χ1n) is 4.71. The molecule has 1 saturated heterocycles. The second kappa shape index (κ2) is 6.39. The highest BCUT2D eigenvalue weighted by molar-refractivity contribution is 9.09. The first-order valence-corrected chi connectivity index (χ1v) is 6.95. The van der Waals surface area contributed by atoms with Crippen molar-refractivity contribution in [3.05, 3.63) is 0 Å². The standard InChI is InChI=1S/C9H17Br2N/c10-6-9(7-11)8-2-1-4-12-5-3-8/h8-9,12H,1-7H2. The number of hydrogen-bond acceptors (Lipinski definition) is 1. The molecule has 0 aromatic heterocycles. The van der Waals surface area contributed by atoms with Gasteiger partial charge in [-0.25, -0.2) is 0 Å². The molecule has 1 heterocycles. The second-order valence-electron chi connectivity index (χ2n) is 3.51. The first-order chi connectivity index (χ1) is 5.88. The van der Waals surface area contributed by atoms with Crippen LogP contribution < -0.4 is 5.32 Å². The highest BCUT2D eigenvalue weighted by Crippen LogP contribution is 2.25. The number of rotatable bonds is 3. The topological polar surface area (TPSA) is 12.0 Å². The Hall–Kier alpha value is 0.920. The molecular weight excluding hydrogens is 282 g/mol. The van der Waals surface area contributed by atoms with Crippen LogP contribution in [0.2, 0.25) is 0 Å². The molecule has 0 radical (unpaired) electrons. The van der Waals surface area contributed by atoms with E-state index < -0.39 is 0 Å². The first kappa shape index (κ1) is 11.0. The van der Waals surface area contributed by atoms with E-state index in [4.69, 9.17) is 0 Å². The molecule has 72 valence electrons. The Morgan fingerprint density at radius 3 is 2.58 bits per heavy atom. The van der Waals surface area contributed by atoms with Crippen molar-refractivity contribution >= 4 is 31.9 Å². The molecule has 0 aromatic rings. The van der Waals surface area contributed by atoms with Crippen molar-refractivity contribution in [1.29, 1.82) is 0 Å². The summed E-state index contributed by atoms with van der Waals surface area (Å²) in [7, 11) is 0. The van der Waals surface area contributed by atoms with Gasteiger partial charge in [-0.15, -0.1) is 0 Å². The maximum atomic E-state index is 3.59. The summed E-state index contributed by atoms with van der Waals surface area (Å²) in [5.74, 6) is 1.74. The Balaban J connectivity index is 2.35. The predicted molar refractivity (Wildman–Crippen MR) is 61.3 cm³/mol. The zero-order valence-electron chi connectivity index (χ0n) is 7.36. The van der Waals surface area contributed by atoms with Gasteiger partial charge in [0.05, 0.1) is 0 Å². The quantitative estimate of drug-likeness (QED) is 0.790. The van der Waals surface area contributed by atoms with Crippen molar-refractivity contribution < 1.29 is 0 Å². The number of alkyl halides is 2. The minimum absolute atomic E-state index is 0.824. The van der Waals surface area contributed by atoms with Gasteiger partial charge in [0, 0.05) is 10.7 Å². The van der Waals surface area contributed by atoms with Crippen molar-refractivity contribution in [1.82, 2.24) is 5.32 Å². The van der Waals surface area contributed by atoms with Crippen molar-refractivity contribution in [2.75, 3.05) is 23.7 Å². The van der Waals surface area contributed by atoms with Gasteiger partial charge in [0.1, 0.15) is 0 Å². The van der Waals surface area contributed by atoms with Crippen LogP contribution in [0.15, 0.2) is 0 Å². The number of halogens is 2. The van der Waals surface area contributed by atoms with E-state index in [0.717, 1.165) is 22.5 Å². The lowest BCUT2D eigenvalue weighted by atomic mass is 9.89. The van der Waals surface area contributed by atoms with Gasteiger partial charge in [-0.1, -0.05) is 31.9 Å². The summed E-state index contributed by atoms with van der Waals surface area (Å²) in [4.78, 5) is 0. The molecule has 1 aliphatic rings. The van der Waals surface area contributed by atoms with Crippen LogP contribution in [0.3, 0.4) is 0 Å². The van der Waals surface area contributed by atoms with E-state index in [1.165, 1.54) is 32.4 Å². The van der Waals surface area contributed by atoms with E-state index >= 15 is 0 Å². The van der Waals surface area contributed by atoms with E-state index in [1.807, 2.05) is 0 Å². The van der Waals surface area contributed by atoms with E-state index in [-0.39, 0.29) is 0 Å². The molecule has 1 aliphatic heterocycles. The summed E-state index contributed by atoms with van der Waals surface area (Å²) in [6, 6.07) is 0. The minimum atomic E-state index is 0.824. The molecule has 0 aromatic carbocycles. The molecule has 0 amide bonds. The average molecular weight is 299 g/mol. The SMILES string of the molecule is BrCC(CBr)C1CCCNCC1. The molecule has 0 aliphatic carbocycles. The lowest BCUT2D eigenvalue weighted by molar-refractivity contribution is 0.363. The van der Waals surface area contributed by atoms with Crippen molar-refractivity contribution in [2.45, 2.75) is 19.3 Å². The monoisotopic (exact) mass is 297 g/mol. The largest absolute Gasteiger partial charge is 0.317 e. The maximum absolute atomic E-state index is 3.59. The van der Waals surface area contributed by atoms with Gasteiger partial charge in [-0.05, 0) is 44.2 Å². The summed E-state index contributed by atoms with van der Waals surface area (Å²) in [6.45, 7) is 2.43. The van der Waals surface area contributed by atoms with Crippen LogP contribution in [0.25, 0.3) is 0 Å². The van der Waals surface area contributed by atoms with Gasteiger partial charge in [0.15, 0.2) is 0 Å². The van der Waals surface area contributed by atoms with Gasteiger partial charge in [0.2, 0.25) is 0 Å². The molecule has 1 rings (SSSR count). The molecule has 1 atom stereocenters. The Labute approximate surface area is 91.9 Å². The fourth-order valence-electron chi connectivity index (χ4n) is 1.81. The summed E-state index contributed by atoms with van der Waals surface area (Å²) in [5, 5.41) is 5.73. The van der Waals surface area contributed by atoms with Gasteiger partial charge in [-0.2, -0.15) is 0 Å². The average Bonchev–Trinajstić information content (AvgIpc) is 2.35. The Morgan fingerprint density at radius 2 is 1.92 bits per heavy atom.